The maximum Gasteiger partial charge on any atom is 0.392 e. The summed E-state index contributed by atoms with van der Waals surface area (Å²) in [5.74, 6) is -20.5. The molecule has 0 nitrogen and oxygen atoms in total. The topological polar surface area (TPSA) is 0 Å². The van der Waals surface area contributed by atoms with Gasteiger partial charge in [0.2, 0.25) is 0 Å². The first-order chi connectivity index (χ1) is 7.56. The predicted molar refractivity (Wildman–Crippen MR) is 41.3 cm³/mol. The van der Waals surface area contributed by atoms with Gasteiger partial charge in [0.1, 0.15) is 6.67 Å². The van der Waals surface area contributed by atoms with Gasteiger partial charge in [0.15, 0.2) is 0 Å². The third kappa shape index (κ3) is 2.33. The van der Waals surface area contributed by atoms with Gasteiger partial charge in [-0.25, -0.2) is 8.78 Å². The largest absolute Gasteiger partial charge is 0.392 e. The molecule has 0 spiro atoms. The Labute approximate surface area is 103 Å². The molecule has 0 aliphatic heterocycles. The van der Waals surface area contributed by atoms with Crippen molar-refractivity contribution in [1.82, 2.24) is 0 Å². The van der Waals surface area contributed by atoms with Gasteiger partial charge in [-0.05, 0) is 11.6 Å². The zero-order chi connectivity index (χ0) is 15.2. The second kappa shape index (κ2) is 4.46. The van der Waals surface area contributed by atoms with E-state index in [1.165, 1.54) is 0 Å². The van der Waals surface area contributed by atoms with Gasteiger partial charge in [-0.2, -0.15) is 35.1 Å². The molecule has 0 saturated heterocycles. The Bertz CT molecular complexity index is 306. The summed E-state index contributed by atoms with van der Waals surface area (Å²) in [6.45, 7) is -3.03. The molecule has 1 atom stereocenters. The highest BCUT2D eigenvalue weighted by Crippen LogP contribution is 2.58. The molecule has 0 aromatic rings. The lowest BCUT2D eigenvalue weighted by molar-refractivity contribution is -0.364. The lowest BCUT2D eigenvalue weighted by Gasteiger charge is -2.37. The average molecular weight is 335 g/mol. The van der Waals surface area contributed by atoms with E-state index >= 15 is 0 Å². The van der Waals surface area contributed by atoms with Crippen molar-refractivity contribution in [2.24, 2.45) is 0 Å². The maximum atomic E-state index is 12.6. The van der Waals surface area contributed by atoms with Crippen LogP contribution in [0.15, 0.2) is 0 Å². The van der Waals surface area contributed by atoms with Crippen molar-refractivity contribution in [3.8, 4) is 0 Å². The molecule has 18 heavy (non-hydrogen) atoms. The summed E-state index contributed by atoms with van der Waals surface area (Å²) in [5.41, 5.74) is 0. The summed E-state index contributed by atoms with van der Waals surface area (Å²) in [4.78, 5) is 0. The molecule has 0 aromatic carbocycles. The van der Waals surface area contributed by atoms with Crippen molar-refractivity contribution in [2.45, 2.75) is 28.3 Å². The maximum absolute atomic E-state index is 12.6. The van der Waals surface area contributed by atoms with Crippen LogP contribution in [-0.2, 0) is 0 Å². The molecule has 0 aliphatic rings. The van der Waals surface area contributed by atoms with E-state index in [4.69, 9.17) is 0 Å². The van der Waals surface area contributed by atoms with E-state index in [0.29, 0.717) is 0 Å². The zero-order valence-electron chi connectivity index (χ0n) is 7.74. The Balaban J connectivity index is 5.80. The van der Waals surface area contributed by atoms with E-state index in [2.05, 4.69) is 23.2 Å². The van der Waals surface area contributed by atoms with Crippen LogP contribution in [0, 0.1) is 0 Å². The highest BCUT2D eigenvalue weighted by Gasteiger charge is 2.85. The fraction of sp³-hybridized carbons (Fsp3) is 1.00. The molecular formula is C6H2Cl2F10. The van der Waals surface area contributed by atoms with Crippen molar-refractivity contribution in [3.63, 3.8) is 0 Å². The molecule has 0 fully saturated rings. The second-order valence-corrected chi connectivity index (χ2v) is 4.13. The van der Waals surface area contributed by atoms with Crippen LogP contribution in [0.3, 0.4) is 0 Å². The number of hydrogen-bond donors (Lipinski definition) is 0. The van der Waals surface area contributed by atoms with Gasteiger partial charge in [-0.15, -0.1) is 0 Å². The predicted octanol–water partition coefficient (Wildman–Crippen LogP) is 4.60. The molecule has 0 bridgehead atoms. The standard InChI is InChI=1S/C6H2Cl2F10/c7-2(10,1-9)3(11,12)4(13,14)5(15,16)6(8,17)18/h1H2. The van der Waals surface area contributed by atoms with E-state index < -0.39 is 35.0 Å². The van der Waals surface area contributed by atoms with Crippen LogP contribution >= 0.6 is 23.2 Å². The fourth-order valence-corrected chi connectivity index (χ4v) is 0.926. The fourth-order valence-electron chi connectivity index (χ4n) is 0.689. The number of alkyl halides is 12. The highest BCUT2D eigenvalue weighted by atomic mass is 35.5. The summed E-state index contributed by atoms with van der Waals surface area (Å²) in [6.07, 6.45) is 0. The second-order valence-electron chi connectivity index (χ2n) is 3.06. The molecule has 0 rings (SSSR count). The Hall–Kier alpha value is -0.120. The van der Waals surface area contributed by atoms with E-state index in [0.717, 1.165) is 0 Å². The molecule has 110 valence electrons. The first-order valence-electron chi connectivity index (χ1n) is 3.70. The first-order valence-corrected chi connectivity index (χ1v) is 4.46. The Morgan fingerprint density at radius 2 is 0.944 bits per heavy atom. The number of rotatable bonds is 5. The van der Waals surface area contributed by atoms with Crippen LogP contribution in [0.1, 0.15) is 0 Å². The smallest absolute Gasteiger partial charge is 0.246 e. The van der Waals surface area contributed by atoms with Gasteiger partial charge in [0, 0.05) is 0 Å². The van der Waals surface area contributed by atoms with Gasteiger partial charge in [0.05, 0.1) is 0 Å². The Morgan fingerprint density at radius 1 is 0.611 bits per heavy atom. The van der Waals surface area contributed by atoms with Gasteiger partial charge in [-0.3, -0.25) is 0 Å². The van der Waals surface area contributed by atoms with Crippen molar-refractivity contribution in [2.75, 3.05) is 6.67 Å². The van der Waals surface area contributed by atoms with Crippen LogP contribution < -0.4 is 0 Å². The van der Waals surface area contributed by atoms with Crippen LogP contribution in [-0.4, -0.2) is 35.0 Å². The molecule has 1 unspecified atom stereocenters. The minimum Gasteiger partial charge on any atom is -0.246 e. The number of halogens is 12. The minimum atomic E-state index is -7.03. The van der Waals surface area contributed by atoms with Crippen LogP contribution in [0.5, 0.6) is 0 Å². The van der Waals surface area contributed by atoms with Crippen LogP contribution in [0.2, 0.25) is 0 Å². The third-order valence-corrected chi connectivity index (χ3v) is 2.35. The Kier molecular flexibility index (Phi) is 4.43. The summed E-state index contributed by atoms with van der Waals surface area (Å²) in [6, 6.07) is 0. The summed E-state index contributed by atoms with van der Waals surface area (Å²) in [7, 11) is 0. The third-order valence-electron chi connectivity index (χ3n) is 1.77. The molecule has 0 N–H and O–H groups in total. The summed E-state index contributed by atoms with van der Waals surface area (Å²) >= 11 is 7.51. The lowest BCUT2D eigenvalue weighted by Crippen LogP contribution is -2.66. The molecular weight excluding hydrogens is 333 g/mol. The van der Waals surface area contributed by atoms with Crippen molar-refractivity contribution in [3.05, 3.63) is 0 Å². The van der Waals surface area contributed by atoms with Crippen LogP contribution in [0.4, 0.5) is 43.9 Å². The zero-order valence-corrected chi connectivity index (χ0v) is 9.25. The minimum absolute atomic E-state index is 3.03. The number of hydrogen-bond acceptors (Lipinski definition) is 0. The molecule has 0 heterocycles. The average Bonchev–Trinajstić information content (AvgIpc) is 2.15. The van der Waals surface area contributed by atoms with Gasteiger partial charge in [-0.1, -0.05) is 11.6 Å². The summed E-state index contributed by atoms with van der Waals surface area (Å²) < 4.78 is 123. The highest BCUT2D eigenvalue weighted by molar-refractivity contribution is 6.24. The van der Waals surface area contributed by atoms with E-state index in [-0.39, 0.29) is 0 Å². The monoisotopic (exact) mass is 334 g/mol. The SMILES string of the molecule is FCC(F)(Cl)C(F)(F)C(F)(F)C(F)(F)C(F)(F)Cl. The molecule has 0 radical (unpaired) electrons. The van der Waals surface area contributed by atoms with Crippen LogP contribution in [0.25, 0.3) is 0 Å². The van der Waals surface area contributed by atoms with Gasteiger partial charge >= 0.3 is 23.1 Å². The molecule has 0 aliphatic carbocycles. The lowest BCUT2D eigenvalue weighted by atomic mass is 10.0. The van der Waals surface area contributed by atoms with E-state index in [1.807, 2.05) is 0 Å². The van der Waals surface area contributed by atoms with E-state index in [9.17, 15) is 43.9 Å². The molecule has 0 amide bonds. The normalized spacial score (nSPS) is 18.7. The van der Waals surface area contributed by atoms with Crippen molar-refractivity contribution in [1.29, 1.82) is 0 Å². The molecule has 12 heteroatoms. The first kappa shape index (κ1) is 17.9. The Morgan fingerprint density at radius 3 is 1.17 bits per heavy atom. The van der Waals surface area contributed by atoms with Gasteiger partial charge < -0.3 is 0 Å². The van der Waals surface area contributed by atoms with Crippen molar-refractivity contribution < 1.29 is 43.9 Å². The quantitative estimate of drug-likeness (QED) is 0.509. The summed E-state index contributed by atoms with van der Waals surface area (Å²) in [5, 5.41) is -11.4. The van der Waals surface area contributed by atoms with E-state index in [1.54, 1.807) is 0 Å². The van der Waals surface area contributed by atoms with Gasteiger partial charge in [0.25, 0.3) is 5.13 Å². The van der Waals surface area contributed by atoms with Crippen molar-refractivity contribution >= 4 is 23.2 Å². The molecule has 0 saturated carbocycles. The molecule has 0 aromatic heterocycles.